The van der Waals surface area contributed by atoms with E-state index in [1.54, 1.807) is 18.2 Å². The Bertz CT molecular complexity index is 986. The van der Waals surface area contributed by atoms with Crippen molar-refractivity contribution in [2.24, 2.45) is 16.8 Å². The van der Waals surface area contributed by atoms with Gasteiger partial charge in [0.25, 0.3) is 0 Å². The van der Waals surface area contributed by atoms with Crippen molar-refractivity contribution in [3.63, 3.8) is 0 Å². The number of anilines is 1. The molecule has 0 saturated carbocycles. The maximum absolute atomic E-state index is 12.2. The molecule has 0 amide bonds. The van der Waals surface area contributed by atoms with Crippen LogP contribution in [-0.2, 0) is 0 Å². The summed E-state index contributed by atoms with van der Waals surface area (Å²) >= 11 is 6.61. The number of benzene rings is 1. The topological polar surface area (TPSA) is 54.8 Å². The van der Waals surface area contributed by atoms with Gasteiger partial charge in [0.2, 0.25) is 11.7 Å². The molecule has 0 aliphatic heterocycles. The lowest BCUT2D eigenvalue weighted by molar-refractivity contribution is 0.104. The van der Waals surface area contributed by atoms with Gasteiger partial charge >= 0.3 is 0 Å². The second-order valence-corrected chi connectivity index (χ2v) is 8.68. The fourth-order valence-electron chi connectivity index (χ4n) is 3.45. The Kier molecular flexibility index (Phi) is 6.93. The molecule has 6 heteroatoms. The maximum Gasteiger partial charge on any atom is 0.213 e. The molecule has 0 bridgehead atoms. The van der Waals surface area contributed by atoms with E-state index in [9.17, 15) is 4.79 Å². The summed E-state index contributed by atoms with van der Waals surface area (Å²) < 4.78 is 5.14. The number of fused-ring (bicyclic) bond motifs is 1. The van der Waals surface area contributed by atoms with Crippen LogP contribution in [0, 0.1) is 11.8 Å². The van der Waals surface area contributed by atoms with Crippen molar-refractivity contribution in [1.29, 1.82) is 0 Å². The highest BCUT2D eigenvalue weighted by Crippen LogP contribution is 2.32. The summed E-state index contributed by atoms with van der Waals surface area (Å²) in [5.41, 5.74) is 3.40. The van der Waals surface area contributed by atoms with Crippen LogP contribution in [0.25, 0.3) is 0 Å². The predicted molar refractivity (Wildman–Crippen MR) is 124 cm³/mol. The van der Waals surface area contributed by atoms with Gasteiger partial charge in [-0.1, -0.05) is 39.3 Å². The summed E-state index contributed by atoms with van der Waals surface area (Å²) in [7, 11) is 1.52. The van der Waals surface area contributed by atoms with E-state index in [4.69, 9.17) is 21.3 Å². The minimum absolute atomic E-state index is 0.165. The lowest BCUT2D eigenvalue weighted by Crippen LogP contribution is -2.31. The molecule has 0 saturated heterocycles. The van der Waals surface area contributed by atoms with Crippen LogP contribution in [0.5, 0.6) is 5.88 Å². The van der Waals surface area contributed by atoms with Gasteiger partial charge in [0.05, 0.1) is 23.5 Å². The number of allylic oxidation sites excluding steroid dienone is 2. The Balaban J connectivity index is 1.95. The van der Waals surface area contributed by atoms with Crippen LogP contribution < -0.4 is 9.64 Å². The largest absolute Gasteiger partial charge is 0.481 e. The molecule has 0 spiro atoms. The van der Waals surface area contributed by atoms with Crippen LogP contribution in [0.15, 0.2) is 47.5 Å². The molecular weight excluding hydrogens is 398 g/mol. The average Bonchev–Trinajstić information content (AvgIpc) is 2.70. The number of aromatic nitrogens is 1. The fraction of sp³-hybridized carbons (Fsp3) is 0.375. The lowest BCUT2D eigenvalue weighted by Gasteiger charge is -2.28. The van der Waals surface area contributed by atoms with E-state index in [1.807, 2.05) is 12.1 Å². The zero-order chi connectivity index (χ0) is 21.8. The number of aliphatic imine (C=N–C) groups is 1. The number of carbonyl (C=O) groups is 1. The second-order valence-electron chi connectivity index (χ2n) is 8.27. The first-order valence-corrected chi connectivity index (χ1v) is 10.6. The predicted octanol–water partition coefficient (Wildman–Crippen LogP) is 5.74. The Labute approximate surface area is 183 Å². The molecule has 1 aliphatic carbocycles. The first-order chi connectivity index (χ1) is 14.3. The van der Waals surface area contributed by atoms with E-state index in [1.165, 1.54) is 13.2 Å². The molecule has 3 rings (SSSR count). The Hall–Kier alpha value is -2.66. The number of hydrogen-bond acceptors (Lipinski definition) is 5. The van der Waals surface area contributed by atoms with Crippen LogP contribution in [0.2, 0.25) is 5.02 Å². The van der Waals surface area contributed by atoms with Gasteiger partial charge in [-0.05, 0) is 48.3 Å². The smallest absolute Gasteiger partial charge is 0.213 e. The van der Waals surface area contributed by atoms with Crippen LogP contribution in [0.4, 0.5) is 11.4 Å². The molecule has 5 nitrogen and oxygen atoms in total. The highest BCUT2D eigenvalue weighted by molar-refractivity contribution is 6.33. The van der Waals surface area contributed by atoms with Gasteiger partial charge in [-0.15, -0.1) is 0 Å². The third-order valence-corrected chi connectivity index (χ3v) is 4.99. The number of methoxy groups -OCH3 is 1. The van der Waals surface area contributed by atoms with Crippen molar-refractivity contribution in [3.05, 3.63) is 58.8 Å². The van der Waals surface area contributed by atoms with Gasteiger partial charge in [-0.25, -0.2) is 9.98 Å². The third-order valence-electron chi connectivity index (χ3n) is 4.69. The van der Waals surface area contributed by atoms with E-state index >= 15 is 0 Å². The number of ketones is 1. The van der Waals surface area contributed by atoms with E-state index in [0.29, 0.717) is 45.4 Å². The highest BCUT2D eigenvalue weighted by Gasteiger charge is 2.20. The Morgan fingerprint density at radius 2 is 1.77 bits per heavy atom. The summed E-state index contributed by atoms with van der Waals surface area (Å²) in [6, 6.07) is 9.48. The van der Waals surface area contributed by atoms with Crippen molar-refractivity contribution in [2.75, 3.05) is 25.1 Å². The van der Waals surface area contributed by atoms with Crippen molar-refractivity contribution in [3.8, 4) is 5.88 Å². The van der Waals surface area contributed by atoms with Gasteiger partial charge in [0.1, 0.15) is 5.69 Å². The van der Waals surface area contributed by atoms with Crippen molar-refractivity contribution in [1.82, 2.24) is 4.98 Å². The number of ether oxygens (including phenoxy) is 1. The third kappa shape index (κ3) is 5.08. The molecule has 1 aliphatic rings. The Morgan fingerprint density at radius 3 is 2.37 bits per heavy atom. The summed E-state index contributed by atoms with van der Waals surface area (Å²) in [5, 5.41) is 0.575. The van der Waals surface area contributed by atoms with Crippen LogP contribution >= 0.6 is 11.6 Å². The van der Waals surface area contributed by atoms with E-state index in [2.05, 4.69) is 43.6 Å². The van der Waals surface area contributed by atoms with E-state index < -0.39 is 0 Å². The molecular formula is C24H28ClN3O2. The number of halogens is 1. The van der Waals surface area contributed by atoms with Crippen molar-refractivity contribution in [2.45, 2.75) is 27.7 Å². The number of carbonyl (C=O) groups excluding carboxylic acids is 1. The van der Waals surface area contributed by atoms with Crippen LogP contribution in [0.3, 0.4) is 0 Å². The first-order valence-electron chi connectivity index (χ1n) is 10.2. The molecule has 0 radical (unpaired) electrons. The average molecular weight is 426 g/mol. The van der Waals surface area contributed by atoms with E-state index in [0.717, 1.165) is 18.8 Å². The zero-order valence-corrected chi connectivity index (χ0v) is 18.9. The van der Waals surface area contributed by atoms with Crippen LogP contribution in [0.1, 0.15) is 43.7 Å². The first kappa shape index (κ1) is 22.0. The van der Waals surface area contributed by atoms with Gasteiger partial charge < -0.3 is 9.64 Å². The fourth-order valence-corrected chi connectivity index (χ4v) is 3.67. The number of nitrogens with zero attached hydrogens (tertiary/aromatic N) is 3. The summed E-state index contributed by atoms with van der Waals surface area (Å²) in [6.45, 7) is 10.8. The maximum atomic E-state index is 12.2. The quantitative estimate of drug-likeness (QED) is 0.568. The minimum Gasteiger partial charge on any atom is -0.481 e. The highest BCUT2D eigenvalue weighted by atomic mass is 35.5. The molecule has 2 aromatic rings. The minimum atomic E-state index is -0.165. The standard InChI is InChI=1S/C24H28ClN3O2/c1-15(2)13-28(14-16(3)4)17-6-8-21(19(25)12-17)26-20-9-10-22(29)24-18(20)7-11-23(27-24)30-5/h6-12,15-16H,13-14H2,1-5H3. The van der Waals surface area contributed by atoms with Gasteiger partial charge in [0, 0.05) is 30.4 Å². The number of hydrogen-bond donors (Lipinski definition) is 0. The molecule has 1 aromatic heterocycles. The van der Waals surface area contributed by atoms with Gasteiger partial charge in [0.15, 0.2) is 0 Å². The lowest BCUT2D eigenvalue weighted by atomic mass is 9.99. The van der Waals surface area contributed by atoms with Crippen molar-refractivity contribution < 1.29 is 9.53 Å². The second kappa shape index (κ2) is 9.43. The molecule has 0 atom stereocenters. The van der Waals surface area contributed by atoms with Crippen molar-refractivity contribution >= 4 is 34.5 Å². The molecule has 0 N–H and O–H groups in total. The molecule has 158 valence electrons. The van der Waals surface area contributed by atoms with Crippen LogP contribution in [-0.4, -0.2) is 36.7 Å². The molecule has 0 unspecified atom stereocenters. The number of pyridine rings is 1. The summed E-state index contributed by atoms with van der Waals surface area (Å²) in [4.78, 5) is 23.6. The number of rotatable bonds is 7. The SMILES string of the molecule is COc1ccc2c(n1)C(=O)C=CC2=Nc1ccc(N(CC(C)C)CC(C)C)cc1Cl. The molecule has 1 heterocycles. The van der Waals surface area contributed by atoms with Gasteiger partial charge in [-0.2, -0.15) is 0 Å². The normalized spacial score (nSPS) is 14.5. The summed E-state index contributed by atoms with van der Waals surface area (Å²) in [6.07, 6.45) is 3.18. The van der Waals surface area contributed by atoms with E-state index in [-0.39, 0.29) is 5.78 Å². The van der Waals surface area contributed by atoms with Gasteiger partial charge in [-0.3, -0.25) is 4.79 Å². The zero-order valence-electron chi connectivity index (χ0n) is 18.1. The molecule has 30 heavy (non-hydrogen) atoms. The molecule has 1 aromatic carbocycles. The Morgan fingerprint density at radius 1 is 1.07 bits per heavy atom. The molecule has 0 fully saturated rings. The monoisotopic (exact) mass is 425 g/mol. The summed E-state index contributed by atoms with van der Waals surface area (Å²) in [5.74, 6) is 1.33.